The third-order valence-electron chi connectivity index (χ3n) is 5.34. The van der Waals surface area contributed by atoms with Crippen LogP contribution in [-0.4, -0.2) is 31.6 Å². The van der Waals surface area contributed by atoms with E-state index in [9.17, 15) is 14.4 Å². The van der Waals surface area contributed by atoms with Gasteiger partial charge in [-0.3, -0.25) is 19.4 Å². The molecule has 3 aromatic heterocycles. The topological polar surface area (TPSA) is 119 Å². The highest BCUT2D eigenvalue weighted by Gasteiger charge is 2.13. The number of nitrogens with zero attached hydrogens (tertiary/aromatic N) is 4. The zero-order valence-corrected chi connectivity index (χ0v) is 20.4. The first kappa shape index (κ1) is 24.9. The molecule has 184 valence electrons. The van der Waals surface area contributed by atoms with E-state index in [1.165, 1.54) is 17.4 Å². The quantitative estimate of drug-likeness (QED) is 0.304. The van der Waals surface area contributed by atoms with Crippen LogP contribution < -0.4 is 16.2 Å². The van der Waals surface area contributed by atoms with Gasteiger partial charge in [-0.05, 0) is 36.6 Å². The average molecular weight is 503 g/mol. The van der Waals surface area contributed by atoms with E-state index in [-0.39, 0.29) is 23.8 Å². The predicted octanol–water partition coefficient (Wildman–Crippen LogP) is 3.23. The molecule has 0 bridgehead atoms. The first-order valence-electron chi connectivity index (χ1n) is 11.6. The summed E-state index contributed by atoms with van der Waals surface area (Å²) < 4.78 is 1.61. The zero-order chi connectivity index (χ0) is 25.2. The Kier molecular flexibility index (Phi) is 8.66. The van der Waals surface area contributed by atoms with Gasteiger partial charge in [0.1, 0.15) is 5.01 Å². The van der Waals surface area contributed by atoms with Crippen LogP contribution in [0.25, 0.3) is 0 Å². The van der Waals surface area contributed by atoms with Gasteiger partial charge < -0.3 is 15.2 Å². The molecule has 0 radical (unpaired) electrons. The van der Waals surface area contributed by atoms with Crippen molar-refractivity contribution in [1.29, 1.82) is 0 Å². The molecule has 2 N–H and O–H groups in total. The van der Waals surface area contributed by atoms with E-state index >= 15 is 0 Å². The normalized spacial score (nSPS) is 10.7. The number of nitrogens with one attached hydrogen (secondary N) is 2. The van der Waals surface area contributed by atoms with E-state index in [0.29, 0.717) is 30.2 Å². The number of hydrogen-bond acceptors (Lipinski definition) is 7. The highest BCUT2D eigenvalue weighted by Crippen LogP contribution is 2.13. The van der Waals surface area contributed by atoms with Crippen molar-refractivity contribution in [3.8, 4) is 0 Å². The Hall–Kier alpha value is -4.18. The molecule has 10 heteroatoms. The molecule has 4 rings (SSSR count). The van der Waals surface area contributed by atoms with Crippen LogP contribution in [0.15, 0.2) is 77.9 Å². The molecule has 0 atom stereocenters. The summed E-state index contributed by atoms with van der Waals surface area (Å²) in [5, 5.41) is 14.8. The fraction of sp³-hybridized carbons (Fsp3) is 0.231. The molecule has 9 nitrogen and oxygen atoms in total. The Morgan fingerprint density at radius 1 is 0.972 bits per heavy atom. The van der Waals surface area contributed by atoms with Crippen LogP contribution in [0.1, 0.15) is 38.9 Å². The molecule has 4 aromatic rings. The largest absolute Gasteiger partial charge is 0.344 e. The Bertz CT molecular complexity index is 1350. The number of aromatic nitrogens is 4. The number of pyridine rings is 2. The van der Waals surface area contributed by atoms with Crippen LogP contribution in [0.4, 0.5) is 5.69 Å². The maximum Gasteiger partial charge on any atom is 0.282 e. The van der Waals surface area contributed by atoms with Gasteiger partial charge in [0, 0.05) is 37.1 Å². The number of anilines is 1. The molecule has 0 aliphatic heterocycles. The number of benzene rings is 1. The number of hydrogen-bond donors (Lipinski definition) is 2. The Balaban J connectivity index is 1.19. The molecule has 0 unspecified atom stereocenters. The molecule has 2 amide bonds. The Morgan fingerprint density at radius 2 is 1.81 bits per heavy atom. The number of aryl methyl sites for hydroxylation is 2. The van der Waals surface area contributed by atoms with Crippen molar-refractivity contribution in [3.05, 3.63) is 105 Å². The van der Waals surface area contributed by atoms with E-state index < -0.39 is 0 Å². The van der Waals surface area contributed by atoms with Gasteiger partial charge in [-0.25, -0.2) is 0 Å². The number of carbonyl (C=O) groups excluding carboxylic acids is 2. The minimum atomic E-state index is -0.271. The van der Waals surface area contributed by atoms with Crippen LogP contribution in [0.2, 0.25) is 0 Å². The molecule has 1 aromatic carbocycles. The van der Waals surface area contributed by atoms with E-state index in [1.54, 1.807) is 23.0 Å². The molecule has 0 saturated heterocycles. The lowest BCUT2D eigenvalue weighted by Crippen LogP contribution is -2.23. The standard InChI is InChI=1S/C26H26N6O3S/c33-22(16-19-8-2-1-3-9-19)29-20-12-15-32(24(34)17-20)14-7-5-11-23-30-31-26(36-23)25(35)28-18-21-10-4-6-13-27-21/h1-4,6,8-10,12-13,15,17H,5,7,11,14,16,18H2,(H,28,35)(H,29,33). The number of rotatable bonds is 11. The Labute approximate surface area is 212 Å². The summed E-state index contributed by atoms with van der Waals surface area (Å²) in [5.41, 5.74) is 2.00. The van der Waals surface area contributed by atoms with Gasteiger partial charge in [-0.15, -0.1) is 10.2 Å². The van der Waals surface area contributed by atoms with Crippen molar-refractivity contribution in [2.75, 3.05) is 5.32 Å². The first-order valence-corrected chi connectivity index (χ1v) is 12.4. The summed E-state index contributed by atoms with van der Waals surface area (Å²) in [4.78, 5) is 41.1. The molecule has 36 heavy (non-hydrogen) atoms. The van der Waals surface area contributed by atoms with Crippen LogP contribution in [0.5, 0.6) is 0 Å². The molecule has 3 heterocycles. The van der Waals surface area contributed by atoms with Gasteiger partial charge in [-0.2, -0.15) is 0 Å². The zero-order valence-electron chi connectivity index (χ0n) is 19.6. The highest BCUT2D eigenvalue weighted by molar-refractivity contribution is 7.13. The van der Waals surface area contributed by atoms with E-state index in [1.807, 2.05) is 48.5 Å². The number of carbonyl (C=O) groups is 2. The average Bonchev–Trinajstić information content (AvgIpc) is 3.36. The fourth-order valence-corrected chi connectivity index (χ4v) is 4.31. The summed E-state index contributed by atoms with van der Waals surface area (Å²) in [5.74, 6) is -0.438. The van der Waals surface area contributed by atoms with Gasteiger partial charge in [-0.1, -0.05) is 47.7 Å². The van der Waals surface area contributed by atoms with Gasteiger partial charge in [0.15, 0.2) is 0 Å². The van der Waals surface area contributed by atoms with Crippen molar-refractivity contribution in [2.24, 2.45) is 0 Å². The summed E-state index contributed by atoms with van der Waals surface area (Å²) in [7, 11) is 0. The second kappa shape index (κ2) is 12.5. The molecule has 0 aliphatic rings. The van der Waals surface area contributed by atoms with Crippen LogP contribution in [0, 0.1) is 0 Å². The van der Waals surface area contributed by atoms with Gasteiger partial charge >= 0.3 is 0 Å². The lowest BCUT2D eigenvalue weighted by molar-refractivity contribution is -0.115. The van der Waals surface area contributed by atoms with Crippen LogP contribution in [0.3, 0.4) is 0 Å². The van der Waals surface area contributed by atoms with Gasteiger partial charge in [0.05, 0.1) is 18.7 Å². The van der Waals surface area contributed by atoms with Gasteiger partial charge in [0.25, 0.3) is 11.5 Å². The second-order valence-electron chi connectivity index (χ2n) is 8.12. The highest BCUT2D eigenvalue weighted by atomic mass is 32.1. The van der Waals surface area contributed by atoms with Gasteiger partial charge in [0.2, 0.25) is 10.9 Å². The smallest absolute Gasteiger partial charge is 0.282 e. The summed E-state index contributed by atoms with van der Waals surface area (Å²) in [6.07, 6.45) is 5.86. The molecule has 0 aliphatic carbocycles. The number of amides is 2. The molecule has 0 saturated carbocycles. The molecular weight excluding hydrogens is 476 g/mol. The molecule has 0 spiro atoms. The van der Waals surface area contributed by atoms with E-state index in [4.69, 9.17) is 0 Å². The second-order valence-corrected chi connectivity index (χ2v) is 9.18. The first-order chi connectivity index (χ1) is 17.6. The fourth-order valence-electron chi connectivity index (χ4n) is 3.51. The SMILES string of the molecule is O=C(Cc1ccccc1)Nc1ccn(CCCCc2nnc(C(=O)NCc3ccccn3)s2)c(=O)c1. The van der Waals surface area contributed by atoms with Crippen LogP contribution >= 0.6 is 11.3 Å². The monoisotopic (exact) mass is 502 g/mol. The molecule has 0 fully saturated rings. The van der Waals surface area contributed by atoms with Crippen molar-refractivity contribution in [1.82, 2.24) is 25.1 Å². The summed E-state index contributed by atoms with van der Waals surface area (Å²) in [6.45, 7) is 0.881. The van der Waals surface area contributed by atoms with Crippen molar-refractivity contribution >= 4 is 28.8 Å². The number of unbranched alkanes of at least 4 members (excludes halogenated alkanes) is 1. The third kappa shape index (κ3) is 7.41. The van der Waals surface area contributed by atoms with Crippen LogP contribution in [-0.2, 0) is 30.7 Å². The van der Waals surface area contributed by atoms with Crippen molar-refractivity contribution in [3.63, 3.8) is 0 Å². The van der Waals surface area contributed by atoms with Crippen molar-refractivity contribution in [2.45, 2.75) is 38.8 Å². The van der Waals surface area contributed by atoms with Crippen molar-refractivity contribution < 1.29 is 9.59 Å². The maximum atomic E-state index is 12.4. The summed E-state index contributed by atoms with van der Waals surface area (Å²) >= 11 is 1.27. The minimum Gasteiger partial charge on any atom is -0.344 e. The summed E-state index contributed by atoms with van der Waals surface area (Å²) in [6, 6.07) is 18.1. The van der Waals surface area contributed by atoms with E-state index in [2.05, 4.69) is 25.8 Å². The molecular formula is C26H26N6O3S. The lowest BCUT2D eigenvalue weighted by Gasteiger charge is -2.08. The third-order valence-corrected chi connectivity index (χ3v) is 6.33. The van der Waals surface area contributed by atoms with E-state index in [0.717, 1.165) is 29.1 Å². The maximum absolute atomic E-state index is 12.4. The predicted molar refractivity (Wildman–Crippen MR) is 138 cm³/mol. The lowest BCUT2D eigenvalue weighted by atomic mass is 10.1. The minimum absolute atomic E-state index is 0.166. The Morgan fingerprint density at radius 3 is 2.58 bits per heavy atom.